The number of carbonyl (C=O) groups is 2. The number of alkyl halides is 3. The highest BCUT2D eigenvalue weighted by molar-refractivity contribution is 5.82. The van der Waals surface area contributed by atoms with Crippen LogP contribution >= 0.6 is 0 Å². The predicted molar refractivity (Wildman–Crippen MR) is 180 cm³/mol. The number of amides is 1. The third-order valence-corrected chi connectivity index (χ3v) is 9.65. The molecule has 1 fully saturated rings. The molecule has 1 saturated carbocycles. The van der Waals surface area contributed by atoms with E-state index in [-0.39, 0.29) is 36.4 Å². The Balaban J connectivity index is 1.63. The van der Waals surface area contributed by atoms with Gasteiger partial charge in [-0.3, -0.25) is 14.4 Å². The lowest BCUT2D eigenvalue weighted by Gasteiger charge is -2.26. The lowest BCUT2D eigenvalue weighted by molar-refractivity contribution is -0.139. The zero-order valence-corrected chi connectivity index (χ0v) is 28.3. The smallest absolute Gasteiger partial charge is 0.416 e. The summed E-state index contributed by atoms with van der Waals surface area (Å²) in [5.74, 6) is -2.59. The van der Waals surface area contributed by atoms with Crippen LogP contribution in [0.2, 0.25) is 0 Å². The second kappa shape index (κ2) is 15.3. The zero-order chi connectivity index (χ0) is 35.5. The number of aryl methyl sites for hydroxylation is 2. The van der Waals surface area contributed by atoms with Gasteiger partial charge in [-0.1, -0.05) is 49.4 Å². The molecule has 2 aromatic carbocycles. The fraction of sp³-hybridized carbons (Fsp3) is 0.500. The lowest BCUT2D eigenvalue weighted by Crippen LogP contribution is -2.40. The minimum Gasteiger partial charge on any atom is -0.481 e. The quantitative estimate of drug-likeness (QED) is 0.249. The Labute approximate surface area is 284 Å². The van der Waals surface area contributed by atoms with E-state index in [4.69, 9.17) is 0 Å². The highest BCUT2D eigenvalue weighted by Crippen LogP contribution is 2.45. The molecule has 2 N–H and O–H groups in total. The first kappa shape index (κ1) is 36.3. The summed E-state index contributed by atoms with van der Waals surface area (Å²) in [6.45, 7) is 2.30. The van der Waals surface area contributed by atoms with Crippen molar-refractivity contribution in [2.45, 2.75) is 102 Å². The highest BCUT2D eigenvalue weighted by Gasteiger charge is 2.36. The maximum absolute atomic E-state index is 16.4. The molecule has 0 radical (unpaired) electrons. The number of aromatic nitrogens is 1. The molecule has 2 atom stereocenters. The van der Waals surface area contributed by atoms with Crippen molar-refractivity contribution in [3.8, 4) is 11.1 Å². The zero-order valence-electron chi connectivity index (χ0n) is 28.3. The van der Waals surface area contributed by atoms with E-state index in [1.165, 1.54) is 0 Å². The molecule has 264 valence electrons. The summed E-state index contributed by atoms with van der Waals surface area (Å²) in [5.41, 5.74) is 2.26. The van der Waals surface area contributed by atoms with Crippen molar-refractivity contribution in [3.05, 3.63) is 92.1 Å². The Bertz CT molecular complexity index is 1750. The number of hydrogen-bond acceptors (Lipinski definition) is 4. The van der Waals surface area contributed by atoms with Gasteiger partial charge < -0.3 is 19.9 Å². The van der Waals surface area contributed by atoms with E-state index >= 15 is 4.39 Å². The Hall–Kier alpha value is -3.99. The van der Waals surface area contributed by atoms with Crippen molar-refractivity contribution < 1.29 is 32.3 Å². The largest absolute Gasteiger partial charge is 0.481 e. The van der Waals surface area contributed by atoms with E-state index in [9.17, 15) is 32.7 Å². The molecular formula is C38H45F4N3O4. The van der Waals surface area contributed by atoms with Crippen molar-refractivity contribution in [2.24, 2.45) is 0 Å². The molecule has 49 heavy (non-hydrogen) atoms. The second-order valence-corrected chi connectivity index (χ2v) is 13.9. The first-order valence-corrected chi connectivity index (χ1v) is 17.1. The molecule has 1 aliphatic heterocycles. The molecule has 2 aliphatic rings. The van der Waals surface area contributed by atoms with Gasteiger partial charge in [0.15, 0.2) is 0 Å². The minimum absolute atomic E-state index is 0.0128. The van der Waals surface area contributed by atoms with Crippen molar-refractivity contribution >= 4 is 11.9 Å². The van der Waals surface area contributed by atoms with E-state index in [1.807, 2.05) is 25.1 Å². The molecule has 0 unspecified atom stereocenters. The van der Waals surface area contributed by atoms with Crippen molar-refractivity contribution in [2.75, 3.05) is 20.6 Å². The van der Waals surface area contributed by atoms with Gasteiger partial charge in [0.1, 0.15) is 11.9 Å². The second-order valence-electron chi connectivity index (χ2n) is 13.9. The van der Waals surface area contributed by atoms with Crippen molar-refractivity contribution in [3.63, 3.8) is 0 Å². The Kier molecular flexibility index (Phi) is 11.3. The Morgan fingerprint density at radius 3 is 2.35 bits per heavy atom. The fourth-order valence-electron chi connectivity index (χ4n) is 6.89. The van der Waals surface area contributed by atoms with E-state index in [0.717, 1.165) is 78.0 Å². The minimum atomic E-state index is -4.77. The third-order valence-electron chi connectivity index (χ3n) is 9.65. The van der Waals surface area contributed by atoms with Gasteiger partial charge in [0, 0.05) is 24.4 Å². The maximum Gasteiger partial charge on any atom is 0.416 e. The van der Waals surface area contributed by atoms with E-state index in [0.29, 0.717) is 18.1 Å². The normalized spacial score (nSPS) is 19.4. The molecule has 5 rings (SSSR count). The number of benzene rings is 2. The summed E-state index contributed by atoms with van der Waals surface area (Å²) >= 11 is 0. The number of carboxylic acid groups (broad SMARTS) is 1. The first-order chi connectivity index (χ1) is 23.2. The van der Waals surface area contributed by atoms with Crippen LogP contribution in [-0.4, -0.2) is 47.1 Å². The van der Waals surface area contributed by atoms with E-state index in [1.54, 1.807) is 25.1 Å². The Morgan fingerprint density at radius 1 is 0.980 bits per heavy atom. The van der Waals surface area contributed by atoms with E-state index in [2.05, 4.69) is 11.4 Å². The van der Waals surface area contributed by atoms with Crippen LogP contribution < -0.4 is 10.9 Å². The molecule has 7 nitrogen and oxygen atoms in total. The van der Waals surface area contributed by atoms with Gasteiger partial charge in [-0.2, -0.15) is 13.2 Å². The third kappa shape index (κ3) is 8.98. The van der Waals surface area contributed by atoms with Gasteiger partial charge in [0.25, 0.3) is 5.56 Å². The van der Waals surface area contributed by atoms with Crippen molar-refractivity contribution in [1.29, 1.82) is 0 Å². The Morgan fingerprint density at radius 2 is 1.67 bits per heavy atom. The SMILES string of the molecule is Cc1ccc2c(c1)CCCCCCC[C@H](n1cc(CCN(C)C)c(C(F)(F)F)cc1=O)C(=O)N[C@@H](CC(=O)O)c1cc-2cc(C2CC2)c1F. The van der Waals surface area contributed by atoms with Gasteiger partial charge in [-0.05, 0) is 105 Å². The van der Waals surface area contributed by atoms with E-state index < -0.39 is 53.5 Å². The number of halogens is 4. The molecule has 0 saturated heterocycles. The number of aliphatic carboxylic acids is 1. The number of hydrogen-bond donors (Lipinski definition) is 2. The number of fused-ring (bicyclic) bond motifs is 4. The average molecular weight is 684 g/mol. The maximum atomic E-state index is 16.4. The van der Waals surface area contributed by atoms with Gasteiger partial charge in [-0.15, -0.1) is 0 Å². The van der Waals surface area contributed by atoms with Crippen LogP contribution in [0.1, 0.15) is 109 Å². The summed E-state index contributed by atoms with van der Waals surface area (Å²) in [4.78, 5) is 41.4. The van der Waals surface area contributed by atoms with Crippen LogP contribution in [0.4, 0.5) is 17.6 Å². The van der Waals surface area contributed by atoms with Crippen LogP contribution in [0.25, 0.3) is 11.1 Å². The summed E-state index contributed by atoms with van der Waals surface area (Å²) in [6.07, 6.45) is 2.17. The standard InChI is InChI=1S/C38H45F4N3O4/c1-23-11-14-28-25(17-23)9-7-5-4-6-8-10-33(45-22-26(15-16-44(2)3)31(20-34(45)46)38(40,41)42)37(49)43-32(21-35(47)48)30-19-27(28)18-29(36(30)39)24-12-13-24/h11,14,17-20,22,24,32-33H,4-10,12-13,15-16,21H2,1-3H3,(H,43,49)(H,47,48)/t32-,33-/m0/s1. The van der Waals surface area contributed by atoms with Crippen LogP contribution in [0.15, 0.2) is 47.4 Å². The van der Waals surface area contributed by atoms with Crippen LogP contribution in [-0.2, 0) is 28.6 Å². The number of likely N-dealkylation sites (N-methyl/N-ethyl adjacent to an activating group) is 1. The molecule has 2 heterocycles. The molecule has 11 heteroatoms. The number of pyridine rings is 1. The summed E-state index contributed by atoms with van der Waals surface area (Å²) in [6, 6.07) is 7.62. The van der Waals surface area contributed by atoms with Crippen molar-refractivity contribution in [1.82, 2.24) is 14.8 Å². The molecule has 1 aromatic heterocycles. The molecule has 3 aromatic rings. The van der Waals surface area contributed by atoms with Crippen LogP contribution in [0.5, 0.6) is 0 Å². The lowest BCUT2D eigenvalue weighted by atomic mass is 9.88. The topological polar surface area (TPSA) is 91.6 Å². The highest BCUT2D eigenvalue weighted by atomic mass is 19.4. The number of carbonyl (C=O) groups excluding carboxylic acids is 1. The summed E-state index contributed by atoms with van der Waals surface area (Å²) < 4.78 is 59.5. The van der Waals surface area contributed by atoms with Gasteiger partial charge in [-0.25, -0.2) is 4.39 Å². The molecule has 1 aliphatic carbocycles. The number of nitrogens with one attached hydrogen (secondary N) is 1. The van der Waals surface area contributed by atoms with Gasteiger partial charge >= 0.3 is 12.1 Å². The van der Waals surface area contributed by atoms with Crippen LogP contribution in [0.3, 0.4) is 0 Å². The molecule has 0 spiro atoms. The predicted octanol–water partition coefficient (Wildman–Crippen LogP) is 7.73. The van der Waals surface area contributed by atoms with Crippen LogP contribution in [0, 0.1) is 12.7 Å². The number of rotatable bonds is 7. The summed E-state index contributed by atoms with van der Waals surface area (Å²) in [5, 5.41) is 12.7. The first-order valence-electron chi connectivity index (χ1n) is 17.1. The fourth-order valence-corrected chi connectivity index (χ4v) is 6.89. The molecule has 2 bridgehead atoms. The van der Waals surface area contributed by atoms with Gasteiger partial charge in [0.05, 0.1) is 18.0 Å². The summed E-state index contributed by atoms with van der Waals surface area (Å²) in [7, 11) is 3.45. The number of nitrogens with zero attached hydrogens (tertiary/aromatic N) is 2. The molecule has 1 amide bonds. The van der Waals surface area contributed by atoms with Gasteiger partial charge in [0.2, 0.25) is 5.91 Å². The number of carboxylic acids is 1. The monoisotopic (exact) mass is 683 g/mol. The molecular weight excluding hydrogens is 638 g/mol. The average Bonchev–Trinajstić information content (AvgIpc) is 3.86.